The molecule has 5 aromatic rings. The van der Waals surface area contributed by atoms with Gasteiger partial charge in [0.05, 0.1) is 20.3 Å². The van der Waals surface area contributed by atoms with Crippen LogP contribution in [-0.2, 0) is 30.8 Å². The Morgan fingerprint density at radius 1 is 0.925 bits per heavy atom. The Morgan fingerprint density at radius 3 is 2.35 bits per heavy atom. The van der Waals surface area contributed by atoms with Crippen LogP contribution in [0.5, 0.6) is 5.75 Å². The third-order valence-electron chi connectivity index (χ3n) is 7.09. The van der Waals surface area contributed by atoms with E-state index in [1.165, 1.54) is 5.56 Å². The number of methoxy groups -OCH3 is 2. The van der Waals surface area contributed by atoms with E-state index in [2.05, 4.69) is 50.5 Å². The molecule has 1 N–H and O–H groups in total. The highest BCUT2D eigenvalue weighted by Crippen LogP contribution is 2.30. The van der Waals surface area contributed by atoms with Gasteiger partial charge in [-0.1, -0.05) is 55.5 Å². The Bertz CT molecular complexity index is 1600. The van der Waals surface area contributed by atoms with Gasteiger partial charge in [-0.05, 0) is 69.3 Å². The largest absolute Gasteiger partial charge is 0.497 e. The molecule has 0 saturated heterocycles. The molecule has 2 aromatic heterocycles. The van der Waals surface area contributed by atoms with Crippen molar-refractivity contribution in [3.63, 3.8) is 0 Å². The SMILES string of the molecule is CCc1ccc2[nH]c(=O)c(C(c3nnnn3CCOC)N(Cc3ccccc3)Cc3ccc(OC)cc3)cc2c1. The molecule has 0 aliphatic carbocycles. The fourth-order valence-corrected chi connectivity index (χ4v) is 4.96. The first kappa shape index (κ1) is 27.2. The zero-order chi connectivity index (χ0) is 27.9. The molecule has 0 amide bonds. The number of hydrogen-bond acceptors (Lipinski definition) is 7. The summed E-state index contributed by atoms with van der Waals surface area (Å²) >= 11 is 0. The van der Waals surface area contributed by atoms with Crippen LogP contribution in [0.1, 0.15) is 41.0 Å². The van der Waals surface area contributed by atoms with Crippen molar-refractivity contribution < 1.29 is 9.47 Å². The predicted octanol–water partition coefficient (Wildman–Crippen LogP) is 4.52. The molecule has 0 fully saturated rings. The van der Waals surface area contributed by atoms with Crippen LogP contribution in [0.25, 0.3) is 10.9 Å². The monoisotopic (exact) mass is 538 g/mol. The minimum absolute atomic E-state index is 0.171. The van der Waals surface area contributed by atoms with Crippen molar-refractivity contribution >= 4 is 10.9 Å². The van der Waals surface area contributed by atoms with E-state index in [-0.39, 0.29) is 5.56 Å². The number of aromatic amines is 1. The maximum Gasteiger partial charge on any atom is 0.253 e. The first-order valence-electron chi connectivity index (χ1n) is 13.4. The lowest BCUT2D eigenvalue weighted by molar-refractivity contribution is 0.169. The molecular weight excluding hydrogens is 504 g/mol. The molecule has 0 radical (unpaired) electrons. The van der Waals surface area contributed by atoms with Crippen LogP contribution < -0.4 is 10.3 Å². The lowest BCUT2D eigenvalue weighted by atomic mass is 10.0. The van der Waals surface area contributed by atoms with E-state index in [0.717, 1.165) is 34.2 Å². The zero-order valence-corrected chi connectivity index (χ0v) is 23.1. The topological polar surface area (TPSA) is 98.2 Å². The van der Waals surface area contributed by atoms with Gasteiger partial charge in [0, 0.05) is 31.3 Å². The number of nitrogens with zero attached hydrogens (tertiary/aromatic N) is 5. The standard InChI is InChI=1S/C31H34N6O3/c1-4-22-12-15-28-25(18-22)19-27(31(38)32-28)29(30-33-34-35-37(30)16-17-39-2)36(20-23-8-6-5-7-9-23)21-24-10-13-26(40-3)14-11-24/h5-15,18-19,29H,4,16-17,20-21H2,1-3H3,(H,32,38). The van der Waals surface area contributed by atoms with Gasteiger partial charge in [0.2, 0.25) is 0 Å². The molecule has 3 aromatic carbocycles. The molecule has 1 atom stereocenters. The quantitative estimate of drug-likeness (QED) is 0.249. The number of aromatic nitrogens is 5. The second kappa shape index (κ2) is 12.7. The second-order valence-electron chi connectivity index (χ2n) is 9.72. The molecule has 0 aliphatic heterocycles. The summed E-state index contributed by atoms with van der Waals surface area (Å²) in [4.78, 5) is 19.1. The van der Waals surface area contributed by atoms with Crippen molar-refractivity contribution in [3.05, 3.63) is 117 Å². The molecule has 206 valence electrons. The normalized spacial score (nSPS) is 12.2. The van der Waals surface area contributed by atoms with Crippen molar-refractivity contribution in [3.8, 4) is 5.75 Å². The maximum atomic E-state index is 13.7. The van der Waals surface area contributed by atoms with E-state index in [4.69, 9.17) is 9.47 Å². The summed E-state index contributed by atoms with van der Waals surface area (Å²) in [5, 5.41) is 13.7. The fraction of sp³-hybridized carbons (Fsp3) is 0.290. The Kier molecular flexibility index (Phi) is 8.63. The average molecular weight is 539 g/mol. The van der Waals surface area contributed by atoms with Crippen LogP contribution in [0.15, 0.2) is 83.7 Å². The fourth-order valence-electron chi connectivity index (χ4n) is 4.96. The zero-order valence-electron chi connectivity index (χ0n) is 23.1. The average Bonchev–Trinajstić information content (AvgIpc) is 3.45. The molecular formula is C31H34N6O3. The number of tetrazole rings is 1. The third-order valence-corrected chi connectivity index (χ3v) is 7.09. The summed E-state index contributed by atoms with van der Waals surface area (Å²) in [6.07, 6.45) is 0.903. The highest BCUT2D eigenvalue weighted by atomic mass is 16.5. The Balaban J connectivity index is 1.68. The number of ether oxygens (including phenoxy) is 2. The lowest BCUT2D eigenvalue weighted by Gasteiger charge is -2.31. The molecule has 1 unspecified atom stereocenters. The number of pyridine rings is 1. The molecule has 9 nitrogen and oxygen atoms in total. The molecule has 2 heterocycles. The van der Waals surface area contributed by atoms with Gasteiger partial charge in [0.25, 0.3) is 5.56 Å². The van der Waals surface area contributed by atoms with E-state index in [1.807, 2.05) is 60.7 Å². The van der Waals surface area contributed by atoms with Gasteiger partial charge in [-0.15, -0.1) is 5.10 Å². The molecule has 0 saturated carbocycles. The van der Waals surface area contributed by atoms with Crippen molar-refractivity contribution in [1.82, 2.24) is 30.1 Å². The summed E-state index contributed by atoms with van der Waals surface area (Å²) in [7, 11) is 3.30. The molecule has 9 heteroatoms. The summed E-state index contributed by atoms with van der Waals surface area (Å²) in [5.74, 6) is 1.37. The minimum Gasteiger partial charge on any atom is -0.497 e. The minimum atomic E-state index is -0.535. The van der Waals surface area contributed by atoms with Gasteiger partial charge in [-0.2, -0.15) is 0 Å². The highest BCUT2D eigenvalue weighted by molar-refractivity contribution is 5.80. The van der Waals surface area contributed by atoms with E-state index in [0.29, 0.717) is 37.6 Å². The van der Waals surface area contributed by atoms with Gasteiger partial charge in [-0.3, -0.25) is 9.69 Å². The van der Waals surface area contributed by atoms with Gasteiger partial charge in [-0.25, -0.2) is 4.68 Å². The van der Waals surface area contributed by atoms with Crippen molar-refractivity contribution in [1.29, 1.82) is 0 Å². The first-order valence-corrected chi connectivity index (χ1v) is 13.4. The van der Waals surface area contributed by atoms with Crippen LogP contribution in [0.4, 0.5) is 0 Å². The molecule has 0 bridgehead atoms. The van der Waals surface area contributed by atoms with E-state index in [9.17, 15) is 4.79 Å². The van der Waals surface area contributed by atoms with Gasteiger partial charge >= 0.3 is 0 Å². The predicted molar refractivity (Wildman–Crippen MR) is 154 cm³/mol. The smallest absolute Gasteiger partial charge is 0.253 e. The molecule has 0 spiro atoms. The van der Waals surface area contributed by atoms with Crippen molar-refractivity contribution in [2.75, 3.05) is 20.8 Å². The summed E-state index contributed by atoms with van der Waals surface area (Å²) in [5.41, 5.74) is 4.60. The van der Waals surface area contributed by atoms with Crippen molar-refractivity contribution in [2.24, 2.45) is 0 Å². The third kappa shape index (κ3) is 6.11. The van der Waals surface area contributed by atoms with E-state index in [1.54, 1.807) is 18.9 Å². The second-order valence-corrected chi connectivity index (χ2v) is 9.72. The van der Waals surface area contributed by atoms with Crippen molar-refractivity contribution in [2.45, 2.75) is 39.0 Å². The van der Waals surface area contributed by atoms with Gasteiger partial charge in [0.1, 0.15) is 11.8 Å². The van der Waals surface area contributed by atoms with Crippen LogP contribution in [0, 0.1) is 0 Å². The number of fused-ring (bicyclic) bond motifs is 1. The van der Waals surface area contributed by atoms with Crippen LogP contribution >= 0.6 is 0 Å². The lowest BCUT2D eigenvalue weighted by Crippen LogP contribution is -2.35. The number of H-pyrrole nitrogens is 1. The van der Waals surface area contributed by atoms with E-state index < -0.39 is 6.04 Å². The van der Waals surface area contributed by atoms with Crippen LogP contribution in [-0.4, -0.2) is 50.9 Å². The Morgan fingerprint density at radius 2 is 1.65 bits per heavy atom. The molecule has 0 aliphatic rings. The first-order chi connectivity index (χ1) is 19.6. The van der Waals surface area contributed by atoms with Gasteiger partial charge < -0.3 is 14.5 Å². The number of aryl methyl sites for hydroxylation is 1. The number of rotatable bonds is 12. The summed E-state index contributed by atoms with van der Waals surface area (Å²) < 4.78 is 12.4. The summed E-state index contributed by atoms with van der Waals surface area (Å²) in [6, 6.07) is 25.8. The highest BCUT2D eigenvalue weighted by Gasteiger charge is 2.31. The number of benzene rings is 3. The van der Waals surface area contributed by atoms with E-state index >= 15 is 0 Å². The Hall–Kier alpha value is -4.34. The summed E-state index contributed by atoms with van der Waals surface area (Å²) in [6.45, 7) is 4.14. The molecule has 5 rings (SSSR count). The Labute approximate surface area is 233 Å². The maximum absolute atomic E-state index is 13.7. The number of nitrogens with one attached hydrogen (secondary N) is 1. The van der Waals surface area contributed by atoms with Crippen LogP contribution in [0.2, 0.25) is 0 Å². The molecule has 40 heavy (non-hydrogen) atoms. The number of hydrogen-bond donors (Lipinski definition) is 1. The van der Waals surface area contributed by atoms with Crippen LogP contribution in [0.3, 0.4) is 0 Å². The van der Waals surface area contributed by atoms with Gasteiger partial charge in [0.15, 0.2) is 5.82 Å².